The van der Waals surface area contributed by atoms with Gasteiger partial charge in [0.1, 0.15) is 18.2 Å². The highest BCUT2D eigenvalue weighted by Crippen LogP contribution is 2.28. The summed E-state index contributed by atoms with van der Waals surface area (Å²) in [5, 5.41) is 3.82. The van der Waals surface area contributed by atoms with E-state index in [-0.39, 0.29) is 6.61 Å². The second-order valence-electron chi connectivity index (χ2n) is 4.60. The molecule has 0 saturated heterocycles. The van der Waals surface area contributed by atoms with Crippen molar-refractivity contribution < 1.29 is 4.74 Å². The van der Waals surface area contributed by atoms with Crippen LogP contribution in [0.2, 0.25) is 5.02 Å². The molecule has 1 heterocycles. The van der Waals surface area contributed by atoms with Crippen LogP contribution in [0.1, 0.15) is 24.9 Å². The number of aryl methyl sites for hydroxylation is 1. The fraction of sp³-hybridized carbons (Fsp3) is 0.333. The van der Waals surface area contributed by atoms with E-state index in [1.165, 1.54) is 0 Å². The summed E-state index contributed by atoms with van der Waals surface area (Å²) in [5.41, 5.74) is 0.905. The quantitative estimate of drug-likeness (QED) is 0.807. The van der Waals surface area contributed by atoms with Crippen LogP contribution in [0.25, 0.3) is 0 Å². The molecule has 0 aliphatic carbocycles. The summed E-state index contributed by atoms with van der Waals surface area (Å²) in [5.74, 6) is 2.06. The standard InChI is InChI=1S/C15H17BrClN3O/c1-3-6-18-14-7-10(2)19-15(20-14)9-21-13-8-11(16)4-5-12(13)17/h4-5,7-8H,3,6,9H2,1-2H3,(H,18,19,20). The van der Waals surface area contributed by atoms with Crippen molar-refractivity contribution in [2.75, 3.05) is 11.9 Å². The lowest BCUT2D eigenvalue weighted by Gasteiger charge is -2.10. The fourth-order valence-corrected chi connectivity index (χ4v) is 2.28. The van der Waals surface area contributed by atoms with Crippen LogP contribution >= 0.6 is 27.5 Å². The van der Waals surface area contributed by atoms with Crippen LogP contribution in [0, 0.1) is 6.92 Å². The molecule has 4 nitrogen and oxygen atoms in total. The maximum atomic E-state index is 6.09. The first-order chi connectivity index (χ1) is 10.1. The van der Waals surface area contributed by atoms with E-state index >= 15 is 0 Å². The summed E-state index contributed by atoms with van der Waals surface area (Å²) in [7, 11) is 0. The van der Waals surface area contributed by atoms with Gasteiger partial charge in [0.05, 0.1) is 5.02 Å². The second-order valence-corrected chi connectivity index (χ2v) is 5.92. The Kier molecular flexibility index (Phi) is 5.82. The smallest absolute Gasteiger partial charge is 0.168 e. The fourth-order valence-electron chi connectivity index (χ4n) is 1.77. The van der Waals surface area contributed by atoms with Gasteiger partial charge in [-0.1, -0.05) is 34.5 Å². The number of nitrogens with one attached hydrogen (secondary N) is 1. The minimum absolute atomic E-state index is 0.276. The lowest BCUT2D eigenvalue weighted by Crippen LogP contribution is -2.08. The van der Waals surface area contributed by atoms with Crippen molar-refractivity contribution in [1.82, 2.24) is 9.97 Å². The Bertz CT molecular complexity index is 622. The van der Waals surface area contributed by atoms with Gasteiger partial charge in [-0.05, 0) is 31.5 Å². The second kappa shape index (κ2) is 7.61. The molecule has 0 aliphatic rings. The van der Waals surface area contributed by atoms with Gasteiger partial charge in [0, 0.05) is 22.8 Å². The highest BCUT2D eigenvalue weighted by molar-refractivity contribution is 9.10. The van der Waals surface area contributed by atoms with Crippen molar-refractivity contribution >= 4 is 33.3 Å². The molecule has 0 bridgehead atoms. The molecule has 1 aromatic carbocycles. The highest BCUT2D eigenvalue weighted by Gasteiger charge is 2.06. The van der Waals surface area contributed by atoms with Crippen LogP contribution in [-0.2, 0) is 6.61 Å². The minimum Gasteiger partial charge on any atom is -0.484 e. The number of hydrogen-bond acceptors (Lipinski definition) is 4. The maximum Gasteiger partial charge on any atom is 0.168 e. The summed E-state index contributed by atoms with van der Waals surface area (Å²) >= 11 is 9.49. The van der Waals surface area contributed by atoms with Crippen LogP contribution in [0.15, 0.2) is 28.7 Å². The number of nitrogens with zero attached hydrogens (tertiary/aromatic N) is 2. The molecule has 112 valence electrons. The summed E-state index contributed by atoms with van der Waals surface area (Å²) < 4.78 is 6.62. The zero-order valence-electron chi connectivity index (χ0n) is 12.0. The van der Waals surface area contributed by atoms with Crippen molar-refractivity contribution in [2.45, 2.75) is 26.9 Å². The molecule has 0 spiro atoms. The Balaban J connectivity index is 2.08. The number of anilines is 1. The number of benzene rings is 1. The molecule has 0 unspecified atom stereocenters. The average molecular weight is 371 g/mol. The SMILES string of the molecule is CCCNc1cc(C)nc(COc2cc(Br)ccc2Cl)n1. The van der Waals surface area contributed by atoms with E-state index in [1.54, 1.807) is 6.07 Å². The van der Waals surface area contributed by atoms with Crippen molar-refractivity contribution in [3.8, 4) is 5.75 Å². The van der Waals surface area contributed by atoms with Crippen molar-refractivity contribution in [1.29, 1.82) is 0 Å². The Labute approximate surface area is 138 Å². The van der Waals surface area contributed by atoms with Gasteiger partial charge >= 0.3 is 0 Å². The van der Waals surface area contributed by atoms with Crippen LogP contribution in [0.5, 0.6) is 5.75 Å². The van der Waals surface area contributed by atoms with Crippen molar-refractivity contribution in [3.05, 3.63) is 45.3 Å². The van der Waals surface area contributed by atoms with Gasteiger partial charge < -0.3 is 10.1 Å². The lowest BCUT2D eigenvalue weighted by molar-refractivity contribution is 0.295. The Morgan fingerprint density at radius 2 is 2.10 bits per heavy atom. The molecule has 1 aromatic heterocycles. The van der Waals surface area contributed by atoms with Gasteiger partial charge in [-0.2, -0.15) is 0 Å². The number of rotatable bonds is 6. The number of hydrogen-bond donors (Lipinski definition) is 1. The maximum absolute atomic E-state index is 6.09. The Hall–Kier alpha value is -1.33. The zero-order chi connectivity index (χ0) is 15.2. The predicted octanol–water partition coefficient (Wildman–Crippen LogP) is 4.60. The first-order valence-electron chi connectivity index (χ1n) is 6.74. The molecule has 0 atom stereocenters. The van der Waals surface area contributed by atoms with Gasteiger partial charge in [0.2, 0.25) is 0 Å². The third-order valence-corrected chi connectivity index (χ3v) is 3.51. The largest absolute Gasteiger partial charge is 0.484 e. The van der Waals surface area contributed by atoms with Gasteiger partial charge in [0.25, 0.3) is 0 Å². The van der Waals surface area contributed by atoms with Gasteiger partial charge in [0.15, 0.2) is 5.82 Å². The molecule has 2 rings (SSSR count). The van der Waals surface area contributed by atoms with E-state index in [2.05, 4.69) is 38.1 Å². The molecule has 0 radical (unpaired) electrons. The topological polar surface area (TPSA) is 47.0 Å². The molecule has 0 fully saturated rings. The van der Waals surface area contributed by atoms with Crippen LogP contribution in [-0.4, -0.2) is 16.5 Å². The Morgan fingerprint density at radius 1 is 1.29 bits per heavy atom. The van der Waals surface area contributed by atoms with E-state index < -0.39 is 0 Å². The minimum atomic E-state index is 0.276. The number of aromatic nitrogens is 2. The van der Waals surface area contributed by atoms with Crippen LogP contribution in [0.4, 0.5) is 5.82 Å². The summed E-state index contributed by atoms with van der Waals surface area (Å²) in [6.45, 7) is 5.21. The van der Waals surface area contributed by atoms with Crippen LogP contribution < -0.4 is 10.1 Å². The molecule has 1 N–H and O–H groups in total. The third kappa shape index (κ3) is 4.86. The Morgan fingerprint density at radius 3 is 2.86 bits per heavy atom. The number of ether oxygens (including phenoxy) is 1. The lowest BCUT2D eigenvalue weighted by atomic mass is 10.3. The monoisotopic (exact) mass is 369 g/mol. The van der Waals surface area contributed by atoms with Gasteiger partial charge in [-0.25, -0.2) is 9.97 Å². The first kappa shape index (κ1) is 16.0. The van der Waals surface area contributed by atoms with E-state index in [9.17, 15) is 0 Å². The normalized spacial score (nSPS) is 10.5. The van der Waals surface area contributed by atoms with E-state index in [4.69, 9.17) is 16.3 Å². The van der Waals surface area contributed by atoms with E-state index in [0.717, 1.165) is 29.0 Å². The van der Waals surface area contributed by atoms with Crippen LogP contribution in [0.3, 0.4) is 0 Å². The third-order valence-electron chi connectivity index (χ3n) is 2.71. The molecular formula is C15H17BrClN3O. The van der Waals surface area contributed by atoms with E-state index in [1.807, 2.05) is 25.1 Å². The molecular weight excluding hydrogens is 354 g/mol. The zero-order valence-corrected chi connectivity index (χ0v) is 14.3. The van der Waals surface area contributed by atoms with Crippen molar-refractivity contribution in [3.63, 3.8) is 0 Å². The molecule has 0 amide bonds. The van der Waals surface area contributed by atoms with Crippen molar-refractivity contribution in [2.24, 2.45) is 0 Å². The summed E-state index contributed by atoms with van der Waals surface area (Å²) in [4.78, 5) is 8.81. The van der Waals surface area contributed by atoms with Gasteiger partial charge in [-0.3, -0.25) is 0 Å². The first-order valence-corrected chi connectivity index (χ1v) is 7.92. The molecule has 0 saturated carbocycles. The predicted molar refractivity (Wildman–Crippen MR) is 89.0 cm³/mol. The molecule has 6 heteroatoms. The highest BCUT2D eigenvalue weighted by atomic mass is 79.9. The number of halogens is 2. The van der Waals surface area contributed by atoms with E-state index in [0.29, 0.717) is 16.6 Å². The molecule has 2 aromatic rings. The molecule has 21 heavy (non-hydrogen) atoms. The molecule has 0 aliphatic heterocycles. The summed E-state index contributed by atoms with van der Waals surface area (Å²) in [6.07, 6.45) is 1.04. The summed E-state index contributed by atoms with van der Waals surface area (Å²) in [6, 6.07) is 7.40. The average Bonchev–Trinajstić information content (AvgIpc) is 2.45. The van der Waals surface area contributed by atoms with Gasteiger partial charge in [-0.15, -0.1) is 0 Å².